The van der Waals surface area contributed by atoms with Crippen molar-refractivity contribution in [3.63, 3.8) is 0 Å². The minimum absolute atomic E-state index is 0.107. The zero-order chi connectivity index (χ0) is 15.1. The van der Waals surface area contributed by atoms with Crippen molar-refractivity contribution < 1.29 is 8.42 Å². The highest BCUT2D eigenvalue weighted by Crippen LogP contribution is 2.30. The molecule has 1 saturated heterocycles. The Kier molecular flexibility index (Phi) is 4.26. The van der Waals surface area contributed by atoms with Crippen LogP contribution in [0.2, 0.25) is 0 Å². The van der Waals surface area contributed by atoms with Crippen LogP contribution in [0, 0.1) is 27.7 Å². The Bertz CT molecular complexity index is 620. The Hall–Kier alpha value is -0.870. The van der Waals surface area contributed by atoms with Gasteiger partial charge >= 0.3 is 0 Å². The first-order chi connectivity index (χ1) is 9.26. The minimum Gasteiger partial charge on any atom is -0.207 e. The van der Waals surface area contributed by atoms with Crippen molar-refractivity contribution in [3.8, 4) is 0 Å². The normalized spacial score (nSPS) is 21.1. The summed E-state index contributed by atoms with van der Waals surface area (Å²) in [6.07, 6.45) is 3.05. The van der Waals surface area contributed by atoms with E-state index < -0.39 is 10.0 Å². The van der Waals surface area contributed by atoms with Gasteiger partial charge in [0.15, 0.2) is 0 Å². The van der Waals surface area contributed by atoms with Gasteiger partial charge in [-0.05, 0) is 75.8 Å². The molecule has 1 fully saturated rings. The maximum atomic E-state index is 13.0. The second kappa shape index (κ2) is 5.49. The Morgan fingerprint density at radius 3 is 2.30 bits per heavy atom. The first-order valence-electron chi connectivity index (χ1n) is 7.36. The summed E-state index contributed by atoms with van der Waals surface area (Å²) in [5.74, 6) is 0. The van der Waals surface area contributed by atoms with Crippen molar-refractivity contribution in [2.24, 2.45) is 0 Å². The van der Waals surface area contributed by atoms with Gasteiger partial charge in [0.05, 0.1) is 4.90 Å². The predicted octanol–water partition coefficient (Wildman–Crippen LogP) is 3.48. The first-order valence-corrected chi connectivity index (χ1v) is 8.80. The maximum Gasteiger partial charge on any atom is 0.243 e. The Morgan fingerprint density at radius 2 is 1.70 bits per heavy atom. The fourth-order valence-electron chi connectivity index (χ4n) is 3.00. The molecule has 1 aliphatic rings. The smallest absolute Gasteiger partial charge is 0.207 e. The van der Waals surface area contributed by atoms with E-state index in [9.17, 15) is 8.42 Å². The summed E-state index contributed by atoms with van der Waals surface area (Å²) in [6, 6.07) is 1.95. The van der Waals surface area contributed by atoms with E-state index in [2.05, 4.69) is 6.92 Å². The van der Waals surface area contributed by atoms with Crippen LogP contribution in [-0.2, 0) is 10.0 Å². The summed E-state index contributed by atoms with van der Waals surface area (Å²) in [4.78, 5) is 0.492. The highest BCUT2D eigenvalue weighted by molar-refractivity contribution is 7.89. The van der Waals surface area contributed by atoms with Gasteiger partial charge in [-0.25, -0.2) is 8.42 Å². The summed E-state index contributed by atoms with van der Waals surface area (Å²) in [5.41, 5.74) is 4.23. The molecular weight excluding hydrogens is 270 g/mol. The molecule has 1 aromatic rings. The molecule has 0 saturated carbocycles. The predicted molar refractivity (Wildman–Crippen MR) is 82.6 cm³/mol. The third kappa shape index (κ3) is 2.51. The van der Waals surface area contributed by atoms with Crippen molar-refractivity contribution in [1.29, 1.82) is 0 Å². The number of piperidine rings is 1. The lowest BCUT2D eigenvalue weighted by molar-refractivity contribution is 0.268. The molecule has 2 rings (SSSR count). The highest BCUT2D eigenvalue weighted by Gasteiger charge is 2.32. The topological polar surface area (TPSA) is 37.4 Å². The van der Waals surface area contributed by atoms with E-state index >= 15 is 0 Å². The van der Waals surface area contributed by atoms with Gasteiger partial charge in [0.1, 0.15) is 0 Å². The number of rotatable bonds is 2. The van der Waals surface area contributed by atoms with E-state index in [4.69, 9.17) is 0 Å². The van der Waals surface area contributed by atoms with Gasteiger partial charge in [-0.2, -0.15) is 4.31 Å². The summed E-state index contributed by atoms with van der Waals surface area (Å²) >= 11 is 0. The van der Waals surface area contributed by atoms with Crippen LogP contribution in [0.1, 0.15) is 48.4 Å². The minimum atomic E-state index is -3.37. The van der Waals surface area contributed by atoms with E-state index in [0.29, 0.717) is 11.4 Å². The number of benzene rings is 1. The van der Waals surface area contributed by atoms with Gasteiger partial charge < -0.3 is 0 Å². The monoisotopic (exact) mass is 295 g/mol. The van der Waals surface area contributed by atoms with E-state index in [1.54, 1.807) is 4.31 Å². The molecule has 4 heteroatoms. The number of hydrogen-bond acceptors (Lipinski definition) is 2. The third-order valence-electron chi connectivity index (χ3n) is 4.76. The van der Waals surface area contributed by atoms with Gasteiger partial charge in [0, 0.05) is 12.6 Å². The third-order valence-corrected chi connectivity index (χ3v) is 6.90. The van der Waals surface area contributed by atoms with Crippen molar-refractivity contribution in [2.45, 2.75) is 64.8 Å². The van der Waals surface area contributed by atoms with E-state index in [1.165, 1.54) is 5.56 Å². The van der Waals surface area contributed by atoms with Crippen molar-refractivity contribution >= 4 is 10.0 Å². The van der Waals surface area contributed by atoms with Crippen LogP contribution in [0.3, 0.4) is 0 Å². The number of hydrogen-bond donors (Lipinski definition) is 0. The standard InChI is InChI=1S/C16H25NO2S/c1-11-10-16(15(5)14(4)13(11)3)20(18,19)17-9-7-6-8-12(17)2/h10,12H,6-9H2,1-5H3/t12-/m0/s1. The fraction of sp³-hybridized carbons (Fsp3) is 0.625. The molecule has 1 aliphatic heterocycles. The van der Waals surface area contributed by atoms with Gasteiger partial charge in [0.25, 0.3) is 0 Å². The molecule has 1 aromatic carbocycles. The summed E-state index contributed by atoms with van der Waals surface area (Å²) < 4.78 is 27.6. The molecule has 0 amide bonds. The Labute approximate surface area is 123 Å². The van der Waals surface area contributed by atoms with Crippen LogP contribution in [0.4, 0.5) is 0 Å². The molecule has 0 spiro atoms. The Morgan fingerprint density at radius 1 is 1.05 bits per heavy atom. The van der Waals surface area contributed by atoms with Crippen molar-refractivity contribution in [2.75, 3.05) is 6.54 Å². The van der Waals surface area contributed by atoms with Crippen LogP contribution in [0.25, 0.3) is 0 Å². The van der Waals surface area contributed by atoms with Gasteiger partial charge in [-0.15, -0.1) is 0 Å². The lowest BCUT2D eigenvalue weighted by atomic mass is 10.00. The molecule has 20 heavy (non-hydrogen) atoms. The lowest BCUT2D eigenvalue weighted by Crippen LogP contribution is -2.42. The maximum absolute atomic E-state index is 13.0. The van der Waals surface area contributed by atoms with E-state index in [-0.39, 0.29) is 6.04 Å². The van der Waals surface area contributed by atoms with Crippen LogP contribution < -0.4 is 0 Å². The summed E-state index contributed by atoms with van der Waals surface area (Å²) in [6.45, 7) is 10.6. The molecule has 0 bridgehead atoms. The van der Waals surface area contributed by atoms with Crippen LogP contribution in [0.5, 0.6) is 0 Å². The highest BCUT2D eigenvalue weighted by atomic mass is 32.2. The molecule has 1 heterocycles. The number of aryl methyl sites for hydroxylation is 1. The van der Waals surface area contributed by atoms with Crippen LogP contribution >= 0.6 is 0 Å². The summed E-state index contributed by atoms with van der Waals surface area (Å²) in [5, 5.41) is 0. The van der Waals surface area contributed by atoms with Crippen LogP contribution in [-0.4, -0.2) is 25.3 Å². The molecule has 0 radical (unpaired) electrons. The van der Waals surface area contributed by atoms with E-state index in [0.717, 1.165) is 36.0 Å². The number of sulfonamides is 1. The van der Waals surface area contributed by atoms with Gasteiger partial charge in [0.2, 0.25) is 10.0 Å². The summed E-state index contributed by atoms with van der Waals surface area (Å²) in [7, 11) is -3.37. The fourth-order valence-corrected chi connectivity index (χ4v) is 5.07. The molecule has 0 N–H and O–H groups in total. The molecule has 0 unspecified atom stereocenters. The van der Waals surface area contributed by atoms with Crippen molar-refractivity contribution in [3.05, 3.63) is 28.3 Å². The molecule has 0 aliphatic carbocycles. The SMILES string of the molecule is Cc1cc(S(=O)(=O)N2CCCC[C@@H]2C)c(C)c(C)c1C. The Balaban J connectivity index is 2.55. The van der Waals surface area contributed by atoms with E-state index in [1.807, 2.05) is 33.8 Å². The molecular formula is C16H25NO2S. The quantitative estimate of drug-likeness (QED) is 0.837. The average molecular weight is 295 g/mol. The number of nitrogens with zero attached hydrogens (tertiary/aromatic N) is 1. The van der Waals surface area contributed by atoms with Gasteiger partial charge in [-0.1, -0.05) is 6.42 Å². The van der Waals surface area contributed by atoms with Crippen molar-refractivity contribution in [1.82, 2.24) is 4.31 Å². The second-order valence-electron chi connectivity index (χ2n) is 6.03. The zero-order valence-electron chi connectivity index (χ0n) is 13.2. The largest absolute Gasteiger partial charge is 0.243 e. The molecule has 112 valence electrons. The average Bonchev–Trinajstić information content (AvgIpc) is 2.40. The molecule has 1 atom stereocenters. The molecule has 0 aromatic heterocycles. The first kappa shape index (κ1) is 15.5. The molecule has 3 nitrogen and oxygen atoms in total. The zero-order valence-corrected chi connectivity index (χ0v) is 14.0. The lowest BCUT2D eigenvalue weighted by Gasteiger charge is -2.33. The van der Waals surface area contributed by atoms with Crippen LogP contribution in [0.15, 0.2) is 11.0 Å². The second-order valence-corrected chi connectivity index (χ2v) is 7.89. The van der Waals surface area contributed by atoms with Gasteiger partial charge in [-0.3, -0.25) is 0 Å².